The summed E-state index contributed by atoms with van der Waals surface area (Å²) >= 11 is 0. The van der Waals surface area contributed by atoms with E-state index in [-0.39, 0.29) is 23.8 Å². The van der Waals surface area contributed by atoms with Crippen molar-refractivity contribution in [2.45, 2.75) is 39.4 Å². The first kappa shape index (κ1) is 26.1. The molecular formula is C23H30FN3O5S. The number of carbonyl (C=O) groups excluding carboxylic acids is 2. The molecule has 1 atom stereocenters. The molecule has 0 aliphatic heterocycles. The zero-order valence-corrected chi connectivity index (χ0v) is 20.2. The molecule has 2 aromatic carbocycles. The van der Waals surface area contributed by atoms with Gasteiger partial charge in [0, 0.05) is 24.2 Å². The van der Waals surface area contributed by atoms with Gasteiger partial charge in [-0.25, -0.2) is 12.8 Å². The molecule has 0 radical (unpaired) electrons. The molecule has 0 saturated heterocycles. The van der Waals surface area contributed by atoms with Crippen LogP contribution in [0.1, 0.15) is 26.3 Å². The summed E-state index contributed by atoms with van der Waals surface area (Å²) < 4.78 is 45.5. The highest BCUT2D eigenvalue weighted by atomic mass is 32.2. The molecule has 0 bridgehead atoms. The second-order valence-electron chi connectivity index (χ2n) is 7.92. The fourth-order valence-electron chi connectivity index (χ4n) is 3.18. The van der Waals surface area contributed by atoms with Crippen molar-refractivity contribution in [1.82, 2.24) is 10.2 Å². The van der Waals surface area contributed by atoms with Crippen LogP contribution in [0, 0.1) is 5.82 Å². The number of nitrogens with zero attached hydrogens (tertiary/aromatic N) is 2. The maximum atomic E-state index is 14.3. The van der Waals surface area contributed by atoms with Gasteiger partial charge in [0.05, 0.1) is 19.1 Å². The monoisotopic (exact) mass is 479 g/mol. The van der Waals surface area contributed by atoms with Gasteiger partial charge in [0.2, 0.25) is 21.8 Å². The minimum atomic E-state index is -3.86. The molecule has 0 aliphatic rings. The summed E-state index contributed by atoms with van der Waals surface area (Å²) in [6.45, 7) is 4.31. The second kappa shape index (κ2) is 11.1. The molecule has 8 nitrogen and oxygen atoms in total. The SMILES string of the molecule is COc1cccc(N(CC(=O)N(Cc2ccccc2F)[C@H](C)C(=O)NC(C)C)S(C)(=O)=O)c1. The van der Waals surface area contributed by atoms with Gasteiger partial charge in [0.15, 0.2) is 0 Å². The summed E-state index contributed by atoms with van der Waals surface area (Å²) in [5, 5.41) is 2.73. The van der Waals surface area contributed by atoms with Crippen LogP contribution in [0.4, 0.5) is 10.1 Å². The maximum absolute atomic E-state index is 14.3. The number of ether oxygens (including phenoxy) is 1. The number of rotatable bonds is 10. The minimum Gasteiger partial charge on any atom is -0.497 e. The molecule has 0 aliphatic carbocycles. The molecule has 33 heavy (non-hydrogen) atoms. The molecule has 2 rings (SSSR count). The standard InChI is InChI=1S/C23H30FN3O5S/c1-16(2)25-23(29)17(3)26(14-18-9-6-7-12-21(18)24)22(28)15-27(33(5,30)31)19-10-8-11-20(13-19)32-4/h6-13,16-17H,14-15H2,1-5H3,(H,25,29)/t17-/m1/s1. The molecule has 1 N–H and O–H groups in total. The van der Waals surface area contributed by atoms with Gasteiger partial charge >= 0.3 is 0 Å². The summed E-state index contributed by atoms with van der Waals surface area (Å²) in [7, 11) is -2.42. The molecule has 10 heteroatoms. The minimum absolute atomic E-state index is 0.172. The first-order valence-electron chi connectivity index (χ1n) is 10.4. The van der Waals surface area contributed by atoms with Crippen LogP contribution in [0.5, 0.6) is 5.75 Å². The first-order chi connectivity index (χ1) is 15.4. The molecule has 2 amide bonds. The van der Waals surface area contributed by atoms with E-state index < -0.39 is 40.2 Å². The van der Waals surface area contributed by atoms with E-state index in [1.807, 2.05) is 0 Å². The number of nitrogens with one attached hydrogen (secondary N) is 1. The van der Waals surface area contributed by atoms with Crippen LogP contribution in [0.3, 0.4) is 0 Å². The van der Waals surface area contributed by atoms with Gasteiger partial charge in [-0.15, -0.1) is 0 Å². The van der Waals surface area contributed by atoms with Crippen molar-refractivity contribution in [3.8, 4) is 5.75 Å². The fourth-order valence-corrected chi connectivity index (χ4v) is 4.02. The van der Waals surface area contributed by atoms with Crippen LogP contribution < -0.4 is 14.4 Å². The van der Waals surface area contributed by atoms with Gasteiger partial charge in [-0.2, -0.15) is 0 Å². The fraction of sp³-hybridized carbons (Fsp3) is 0.391. The van der Waals surface area contributed by atoms with Crippen LogP contribution in [-0.4, -0.2) is 57.1 Å². The predicted octanol–water partition coefficient (Wildman–Crippen LogP) is 2.54. The highest BCUT2D eigenvalue weighted by molar-refractivity contribution is 7.92. The lowest BCUT2D eigenvalue weighted by molar-refractivity contribution is -0.139. The number of carbonyl (C=O) groups is 2. The van der Waals surface area contributed by atoms with Crippen molar-refractivity contribution in [2.75, 3.05) is 24.2 Å². The van der Waals surface area contributed by atoms with E-state index in [1.54, 1.807) is 32.0 Å². The summed E-state index contributed by atoms with van der Waals surface area (Å²) in [6.07, 6.45) is 0.982. The Kier molecular flexibility index (Phi) is 8.81. The molecule has 0 aromatic heterocycles. The number of amides is 2. The van der Waals surface area contributed by atoms with E-state index in [2.05, 4.69) is 5.32 Å². The Morgan fingerprint density at radius 1 is 1.09 bits per heavy atom. The average Bonchev–Trinajstić information content (AvgIpc) is 2.75. The number of hydrogen-bond acceptors (Lipinski definition) is 5. The van der Waals surface area contributed by atoms with Crippen molar-refractivity contribution < 1.29 is 27.1 Å². The summed E-state index contributed by atoms with van der Waals surface area (Å²) in [6, 6.07) is 11.1. The lowest BCUT2D eigenvalue weighted by Crippen LogP contribution is -2.52. The van der Waals surface area contributed by atoms with Gasteiger partial charge in [0.1, 0.15) is 24.2 Å². The highest BCUT2D eigenvalue weighted by Crippen LogP contribution is 2.24. The maximum Gasteiger partial charge on any atom is 0.244 e. The lowest BCUT2D eigenvalue weighted by Gasteiger charge is -2.32. The highest BCUT2D eigenvalue weighted by Gasteiger charge is 2.30. The van der Waals surface area contributed by atoms with Crippen LogP contribution >= 0.6 is 0 Å². The third kappa shape index (κ3) is 7.18. The van der Waals surface area contributed by atoms with Crippen LogP contribution in [0.25, 0.3) is 0 Å². The average molecular weight is 480 g/mol. The van der Waals surface area contributed by atoms with Gasteiger partial charge < -0.3 is 15.0 Å². The largest absolute Gasteiger partial charge is 0.497 e. The Hall–Kier alpha value is -3.14. The Bertz CT molecular complexity index is 1090. The molecule has 0 saturated carbocycles. The molecule has 180 valence electrons. The molecule has 0 heterocycles. The van der Waals surface area contributed by atoms with Gasteiger partial charge in [0.25, 0.3) is 0 Å². The number of hydrogen-bond donors (Lipinski definition) is 1. The van der Waals surface area contributed by atoms with Crippen LogP contribution in [-0.2, 0) is 26.2 Å². The Labute approximate surface area is 194 Å². The third-order valence-electron chi connectivity index (χ3n) is 4.92. The smallest absolute Gasteiger partial charge is 0.244 e. The van der Waals surface area contributed by atoms with E-state index in [0.29, 0.717) is 5.75 Å². The normalized spacial score (nSPS) is 12.2. The zero-order chi connectivity index (χ0) is 24.8. The van der Waals surface area contributed by atoms with Crippen molar-refractivity contribution >= 4 is 27.5 Å². The first-order valence-corrected chi connectivity index (χ1v) is 12.2. The van der Waals surface area contributed by atoms with Gasteiger partial charge in [-0.05, 0) is 39.0 Å². The Morgan fingerprint density at radius 3 is 2.33 bits per heavy atom. The molecule has 0 unspecified atom stereocenters. The van der Waals surface area contributed by atoms with Crippen molar-refractivity contribution in [3.05, 3.63) is 59.9 Å². The molecule has 2 aromatic rings. The number of methoxy groups -OCH3 is 1. The third-order valence-corrected chi connectivity index (χ3v) is 6.06. The predicted molar refractivity (Wildman–Crippen MR) is 125 cm³/mol. The summed E-state index contributed by atoms with van der Waals surface area (Å²) in [5.41, 5.74) is 0.442. The number of halogens is 1. The summed E-state index contributed by atoms with van der Waals surface area (Å²) in [4.78, 5) is 27.2. The number of benzene rings is 2. The van der Waals surface area contributed by atoms with E-state index in [0.717, 1.165) is 10.6 Å². The Balaban J connectivity index is 2.42. The topological polar surface area (TPSA) is 96.0 Å². The van der Waals surface area contributed by atoms with Gasteiger partial charge in [-0.1, -0.05) is 24.3 Å². The Morgan fingerprint density at radius 2 is 1.76 bits per heavy atom. The number of sulfonamides is 1. The van der Waals surface area contributed by atoms with Crippen molar-refractivity contribution in [3.63, 3.8) is 0 Å². The lowest BCUT2D eigenvalue weighted by atomic mass is 10.1. The number of anilines is 1. The van der Waals surface area contributed by atoms with Crippen molar-refractivity contribution in [2.24, 2.45) is 0 Å². The van der Waals surface area contributed by atoms with Crippen LogP contribution in [0.2, 0.25) is 0 Å². The summed E-state index contributed by atoms with van der Waals surface area (Å²) in [5.74, 6) is -1.19. The molecule has 0 fully saturated rings. The zero-order valence-electron chi connectivity index (χ0n) is 19.4. The quantitative estimate of drug-likeness (QED) is 0.565. The van der Waals surface area contributed by atoms with E-state index in [1.165, 1.54) is 49.3 Å². The van der Waals surface area contributed by atoms with E-state index in [4.69, 9.17) is 4.74 Å². The van der Waals surface area contributed by atoms with Gasteiger partial charge in [-0.3, -0.25) is 13.9 Å². The molecular weight excluding hydrogens is 449 g/mol. The molecule has 0 spiro atoms. The van der Waals surface area contributed by atoms with Crippen LogP contribution in [0.15, 0.2) is 48.5 Å². The van der Waals surface area contributed by atoms with E-state index in [9.17, 15) is 22.4 Å². The van der Waals surface area contributed by atoms with Crippen molar-refractivity contribution in [1.29, 1.82) is 0 Å². The van der Waals surface area contributed by atoms with E-state index >= 15 is 0 Å². The second-order valence-corrected chi connectivity index (χ2v) is 9.83.